The summed E-state index contributed by atoms with van der Waals surface area (Å²) in [5.41, 5.74) is 0. The predicted octanol–water partition coefficient (Wildman–Crippen LogP) is 1.12. The van der Waals surface area contributed by atoms with Crippen LogP contribution in [0.25, 0.3) is 0 Å². The van der Waals surface area contributed by atoms with Gasteiger partial charge in [-0.1, -0.05) is 0 Å². The van der Waals surface area contributed by atoms with Crippen LogP contribution in [0.15, 0.2) is 12.2 Å². The quantitative estimate of drug-likeness (QED) is 0.414. The Morgan fingerprint density at radius 2 is 2.17 bits per heavy atom. The molecule has 1 heteroatoms. The fraction of sp³-hybridized carbons (Fsp3) is 0.400. The minimum atomic E-state index is 2.00. The Hall–Kier alpha value is -0.325. The molecule has 6 heavy (non-hydrogen) atoms. The van der Waals surface area contributed by atoms with Crippen molar-refractivity contribution in [1.29, 1.82) is 0 Å². The summed E-state index contributed by atoms with van der Waals surface area (Å²) in [5, 5.41) is 0. The van der Waals surface area contributed by atoms with Crippen molar-refractivity contribution in [2.24, 2.45) is 0 Å². The van der Waals surface area contributed by atoms with Gasteiger partial charge in [-0.05, 0) is 0 Å². The zero-order valence-corrected chi connectivity index (χ0v) is 4.31. The van der Waals surface area contributed by atoms with Gasteiger partial charge >= 0.3 is 38.8 Å². The Kier molecular flexibility index (Phi) is 4.42. The molecule has 0 bridgehead atoms. The summed E-state index contributed by atoms with van der Waals surface area (Å²) in [5.74, 6) is 2.00. The maximum absolute atomic E-state index is 2.00. The molecule has 0 aliphatic rings. The van der Waals surface area contributed by atoms with E-state index in [1.807, 2.05) is 38.8 Å². The van der Waals surface area contributed by atoms with E-state index in [4.69, 9.17) is 0 Å². The first-order valence-electron chi connectivity index (χ1n) is 2.15. The Bertz CT molecular complexity index is 52.3. The van der Waals surface area contributed by atoms with Crippen LogP contribution in [0.5, 0.6) is 0 Å². The van der Waals surface area contributed by atoms with Crippen molar-refractivity contribution >= 4 is 12.9 Å². The van der Waals surface area contributed by atoms with Crippen LogP contribution in [0.2, 0.25) is 6.82 Å². The fourth-order valence-corrected chi connectivity index (χ4v) is 0.222. The first-order valence-corrected chi connectivity index (χ1v) is 2.15. The standard InChI is InChI=1S/C5H9B/c1-3-4-5-6-2/h3-5H,1-2H3. The molecule has 32 valence electrons. The molecule has 0 spiro atoms. The van der Waals surface area contributed by atoms with E-state index in [-0.39, 0.29) is 0 Å². The maximum atomic E-state index is 2.00. The molecule has 0 heterocycles. The van der Waals surface area contributed by atoms with Crippen LogP contribution >= 0.6 is 0 Å². The molecule has 0 saturated heterocycles. The topological polar surface area (TPSA) is 0 Å². The van der Waals surface area contributed by atoms with Gasteiger partial charge in [0.25, 0.3) is 0 Å². The van der Waals surface area contributed by atoms with Crippen LogP contribution in [0.4, 0.5) is 0 Å². The molecular weight excluding hydrogens is 70.9 g/mol. The van der Waals surface area contributed by atoms with Gasteiger partial charge in [-0.2, -0.15) is 0 Å². The molecule has 0 N–H and O–H groups in total. The number of hydrogen-bond donors (Lipinski definition) is 0. The summed E-state index contributed by atoms with van der Waals surface area (Å²) in [6.45, 7) is 6.00. The fourth-order valence-electron chi connectivity index (χ4n) is 0.222. The molecule has 0 atom stereocenters. The molecule has 0 aromatic heterocycles. The van der Waals surface area contributed by atoms with Gasteiger partial charge in [-0.3, -0.25) is 0 Å². The molecule has 0 radical (unpaired) electrons. The summed E-state index contributed by atoms with van der Waals surface area (Å²) in [6.07, 6.45) is 4.00. The zero-order valence-electron chi connectivity index (χ0n) is 4.31. The third kappa shape index (κ3) is 3.67. The molecule has 0 saturated carbocycles. The summed E-state index contributed by atoms with van der Waals surface area (Å²) in [4.78, 5) is 0. The number of allylic oxidation sites excluding steroid dienone is 2. The molecule has 0 rings (SSSR count). The van der Waals surface area contributed by atoms with Crippen molar-refractivity contribution in [2.45, 2.75) is 13.7 Å². The van der Waals surface area contributed by atoms with E-state index in [1.54, 1.807) is 0 Å². The number of rotatable bonds is 1. The summed E-state index contributed by atoms with van der Waals surface area (Å²) in [6, 6.07) is 0. The van der Waals surface area contributed by atoms with Crippen molar-refractivity contribution in [1.82, 2.24) is 0 Å². The van der Waals surface area contributed by atoms with Crippen molar-refractivity contribution in [3.63, 3.8) is 0 Å². The Morgan fingerprint density at radius 3 is 2.33 bits per heavy atom. The van der Waals surface area contributed by atoms with Gasteiger partial charge in [-0.15, -0.1) is 0 Å². The van der Waals surface area contributed by atoms with Gasteiger partial charge in [-0.25, -0.2) is 0 Å². The monoisotopic (exact) mass is 80.1 g/mol. The van der Waals surface area contributed by atoms with E-state index in [2.05, 4.69) is 0 Å². The first-order chi connectivity index (χ1) is 2.91. The van der Waals surface area contributed by atoms with Crippen molar-refractivity contribution < 1.29 is 0 Å². The van der Waals surface area contributed by atoms with E-state index in [0.717, 1.165) is 0 Å². The summed E-state index contributed by atoms with van der Waals surface area (Å²) >= 11 is 0. The van der Waals surface area contributed by atoms with Gasteiger partial charge < -0.3 is 0 Å². The second-order valence-electron chi connectivity index (χ2n) is 1.05. The summed E-state index contributed by atoms with van der Waals surface area (Å²) < 4.78 is 0. The Balaban J connectivity index is 3.07. The molecule has 0 nitrogen and oxygen atoms in total. The van der Waals surface area contributed by atoms with Gasteiger partial charge in [0.05, 0.1) is 0 Å². The van der Waals surface area contributed by atoms with E-state index < -0.39 is 0 Å². The molecule has 0 aliphatic heterocycles. The van der Waals surface area contributed by atoms with Gasteiger partial charge in [0, 0.05) is 0 Å². The number of hydrogen-bond acceptors (Lipinski definition) is 0. The Labute approximate surface area is 39.8 Å². The molecule has 0 aromatic rings. The molecule has 0 fully saturated rings. The van der Waals surface area contributed by atoms with E-state index >= 15 is 0 Å². The second-order valence-corrected chi connectivity index (χ2v) is 1.05. The third-order valence-electron chi connectivity index (χ3n) is 0.496. The normalized spacial score (nSPS) is 10.3. The van der Waals surface area contributed by atoms with E-state index in [0.29, 0.717) is 0 Å². The average Bonchev–Trinajstić information content (AvgIpc) is 1.61. The molecule has 0 aromatic carbocycles. The van der Waals surface area contributed by atoms with E-state index in [9.17, 15) is 0 Å². The minimum absolute atomic E-state index is 2.00. The van der Waals surface area contributed by atoms with Gasteiger partial charge in [0.2, 0.25) is 0 Å². The zero-order chi connectivity index (χ0) is 4.83. The van der Waals surface area contributed by atoms with Crippen LogP contribution in [-0.4, -0.2) is 12.9 Å². The summed E-state index contributed by atoms with van der Waals surface area (Å²) in [7, 11) is 0. The average molecular weight is 79.9 g/mol. The SMILES string of the molecule is CB=CC=CC. The van der Waals surface area contributed by atoms with Crippen LogP contribution in [0, 0.1) is 0 Å². The van der Waals surface area contributed by atoms with Crippen LogP contribution in [-0.2, 0) is 0 Å². The van der Waals surface area contributed by atoms with Crippen LogP contribution < -0.4 is 0 Å². The van der Waals surface area contributed by atoms with Crippen molar-refractivity contribution in [3.8, 4) is 0 Å². The predicted molar refractivity (Wildman–Crippen MR) is 32.5 cm³/mol. The van der Waals surface area contributed by atoms with Crippen LogP contribution in [0.3, 0.4) is 0 Å². The van der Waals surface area contributed by atoms with Gasteiger partial charge in [0.1, 0.15) is 0 Å². The third-order valence-corrected chi connectivity index (χ3v) is 0.496. The van der Waals surface area contributed by atoms with E-state index in [1.165, 1.54) is 0 Å². The van der Waals surface area contributed by atoms with Crippen molar-refractivity contribution in [3.05, 3.63) is 12.2 Å². The van der Waals surface area contributed by atoms with Gasteiger partial charge in [0.15, 0.2) is 0 Å². The Morgan fingerprint density at radius 1 is 1.50 bits per heavy atom. The molecule has 0 aliphatic carbocycles. The first kappa shape index (κ1) is 5.67. The second kappa shape index (κ2) is 4.67. The molecule has 0 amide bonds. The van der Waals surface area contributed by atoms with Crippen molar-refractivity contribution in [2.75, 3.05) is 0 Å². The molecular formula is C5H9B. The molecule has 0 unspecified atom stereocenters. The van der Waals surface area contributed by atoms with Crippen LogP contribution in [0.1, 0.15) is 6.92 Å².